The van der Waals surface area contributed by atoms with Crippen LogP contribution in [0.5, 0.6) is 0 Å². The third-order valence-corrected chi connectivity index (χ3v) is 3.02. The molecule has 0 saturated heterocycles. The predicted molar refractivity (Wildman–Crippen MR) is 81.2 cm³/mol. The van der Waals surface area contributed by atoms with Crippen molar-refractivity contribution in [3.05, 3.63) is 48.0 Å². The van der Waals surface area contributed by atoms with E-state index in [-0.39, 0.29) is 0 Å². The molecule has 0 saturated carbocycles. The molecule has 100 valence electrons. The van der Waals surface area contributed by atoms with E-state index in [9.17, 15) is 0 Å². The lowest BCUT2D eigenvalue weighted by molar-refractivity contribution is 0.620. The lowest BCUT2D eigenvalue weighted by Gasteiger charge is -2.01. The molecule has 0 amide bonds. The van der Waals surface area contributed by atoms with E-state index in [0.717, 1.165) is 16.8 Å². The van der Waals surface area contributed by atoms with E-state index in [2.05, 4.69) is 10.3 Å². The highest BCUT2D eigenvalue weighted by Crippen LogP contribution is 2.26. The molecule has 0 aliphatic carbocycles. The Bertz CT molecular complexity index is 772. The number of nitrogens with zero attached hydrogens (tertiary/aromatic N) is 1. The van der Waals surface area contributed by atoms with Crippen molar-refractivity contribution in [2.75, 3.05) is 5.32 Å². The second kappa shape index (κ2) is 4.81. The Kier molecular flexibility index (Phi) is 2.99. The molecule has 0 spiro atoms. The van der Waals surface area contributed by atoms with Gasteiger partial charge in [-0.05, 0) is 38.1 Å². The Hall–Kier alpha value is -2.62. The van der Waals surface area contributed by atoms with E-state index in [0.29, 0.717) is 17.3 Å². The normalized spacial score (nSPS) is 10.7. The van der Waals surface area contributed by atoms with Crippen molar-refractivity contribution in [2.24, 2.45) is 0 Å². The topological polar surface area (TPSA) is 61.9 Å². The standard InChI is InChI=1S/C16H15N3O/c1-10-3-5-12(6-4-10)16-19-14-8-7-13(18-11(2)17)9-15(14)20-16/h3-9H,1-2H3,(H2,17,18). The minimum atomic E-state index is 0.391. The van der Waals surface area contributed by atoms with Gasteiger partial charge in [0.1, 0.15) is 5.52 Å². The monoisotopic (exact) mass is 265 g/mol. The summed E-state index contributed by atoms with van der Waals surface area (Å²) in [6.07, 6.45) is 0. The van der Waals surface area contributed by atoms with E-state index in [1.54, 1.807) is 6.92 Å². The molecular formula is C16H15N3O. The van der Waals surface area contributed by atoms with E-state index in [1.807, 2.05) is 49.4 Å². The molecule has 0 aliphatic rings. The van der Waals surface area contributed by atoms with Crippen molar-refractivity contribution < 1.29 is 4.42 Å². The van der Waals surface area contributed by atoms with Gasteiger partial charge in [-0.25, -0.2) is 4.98 Å². The third-order valence-electron chi connectivity index (χ3n) is 3.02. The van der Waals surface area contributed by atoms with Crippen molar-refractivity contribution in [1.82, 2.24) is 4.98 Å². The number of anilines is 1. The number of hydrogen-bond acceptors (Lipinski definition) is 3. The van der Waals surface area contributed by atoms with Crippen LogP contribution in [0.3, 0.4) is 0 Å². The Morgan fingerprint density at radius 2 is 1.90 bits per heavy atom. The first-order valence-corrected chi connectivity index (χ1v) is 6.41. The van der Waals surface area contributed by atoms with E-state index in [1.165, 1.54) is 5.56 Å². The first-order chi connectivity index (χ1) is 9.61. The molecule has 0 bridgehead atoms. The van der Waals surface area contributed by atoms with Crippen LogP contribution in [-0.4, -0.2) is 10.8 Å². The summed E-state index contributed by atoms with van der Waals surface area (Å²) in [5.41, 5.74) is 4.53. The van der Waals surface area contributed by atoms with Crippen molar-refractivity contribution in [2.45, 2.75) is 13.8 Å². The Labute approximate surface area is 117 Å². The molecule has 2 N–H and O–H groups in total. The van der Waals surface area contributed by atoms with Gasteiger partial charge >= 0.3 is 0 Å². The number of nitrogens with one attached hydrogen (secondary N) is 2. The van der Waals surface area contributed by atoms with Crippen LogP contribution in [0.2, 0.25) is 0 Å². The molecule has 0 aliphatic heterocycles. The fraction of sp³-hybridized carbons (Fsp3) is 0.125. The molecule has 0 fully saturated rings. The van der Waals surface area contributed by atoms with Crippen molar-refractivity contribution in [3.8, 4) is 11.5 Å². The summed E-state index contributed by atoms with van der Waals surface area (Å²) in [4.78, 5) is 4.48. The minimum absolute atomic E-state index is 0.391. The average Bonchev–Trinajstić information content (AvgIpc) is 2.81. The number of hydrogen-bond donors (Lipinski definition) is 2. The molecular weight excluding hydrogens is 250 g/mol. The van der Waals surface area contributed by atoms with Gasteiger partial charge in [0.05, 0.1) is 5.84 Å². The third kappa shape index (κ3) is 2.40. The molecule has 4 nitrogen and oxygen atoms in total. The number of amidine groups is 1. The van der Waals surface area contributed by atoms with Crippen LogP contribution in [0.1, 0.15) is 12.5 Å². The van der Waals surface area contributed by atoms with Gasteiger partial charge < -0.3 is 9.73 Å². The second-order valence-electron chi connectivity index (χ2n) is 4.82. The van der Waals surface area contributed by atoms with Crippen LogP contribution in [0, 0.1) is 12.3 Å². The maximum absolute atomic E-state index is 7.44. The van der Waals surface area contributed by atoms with Crippen molar-refractivity contribution >= 4 is 22.6 Å². The van der Waals surface area contributed by atoms with Crippen molar-refractivity contribution in [1.29, 1.82) is 5.41 Å². The second-order valence-corrected chi connectivity index (χ2v) is 4.82. The van der Waals surface area contributed by atoms with Gasteiger partial charge in [-0.15, -0.1) is 0 Å². The summed E-state index contributed by atoms with van der Waals surface area (Å²) in [5, 5.41) is 10.4. The summed E-state index contributed by atoms with van der Waals surface area (Å²) in [5.74, 6) is 1.01. The number of fused-ring (bicyclic) bond motifs is 1. The number of benzene rings is 2. The number of rotatable bonds is 2. The number of oxazole rings is 1. The number of aryl methyl sites for hydroxylation is 1. The highest BCUT2D eigenvalue weighted by molar-refractivity contribution is 5.93. The Morgan fingerprint density at radius 3 is 2.60 bits per heavy atom. The van der Waals surface area contributed by atoms with Gasteiger partial charge in [-0.2, -0.15) is 0 Å². The molecule has 4 heteroatoms. The zero-order valence-electron chi connectivity index (χ0n) is 11.4. The lowest BCUT2D eigenvalue weighted by atomic mass is 10.1. The van der Waals surface area contributed by atoms with Crippen LogP contribution in [-0.2, 0) is 0 Å². The summed E-state index contributed by atoms with van der Waals surface area (Å²) in [6, 6.07) is 13.7. The molecule has 0 unspecified atom stereocenters. The first kappa shape index (κ1) is 12.4. The molecule has 20 heavy (non-hydrogen) atoms. The molecule has 2 aromatic carbocycles. The summed E-state index contributed by atoms with van der Waals surface area (Å²) < 4.78 is 5.79. The van der Waals surface area contributed by atoms with Crippen LogP contribution in [0.25, 0.3) is 22.6 Å². The van der Waals surface area contributed by atoms with Gasteiger partial charge in [0.25, 0.3) is 0 Å². The van der Waals surface area contributed by atoms with Crippen molar-refractivity contribution in [3.63, 3.8) is 0 Å². The molecule has 3 aromatic rings. The fourth-order valence-corrected chi connectivity index (χ4v) is 2.04. The lowest BCUT2D eigenvalue weighted by Crippen LogP contribution is -2.04. The average molecular weight is 265 g/mol. The van der Waals surface area contributed by atoms with Crippen LogP contribution in [0.15, 0.2) is 46.9 Å². The van der Waals surface area contributed by atoms with Crippen LogP contribution in [0.4, 0.5) is 5.69 Å². The zero-order valence-corrected chi connectivity index (χ0v) is 11.4. The molecule has 0 atom stereocenters. The molecule has 1 heterocycles. The molecule has 1 aromatic heterocycles. The maximum Gasteiger partial charge on any atom is 0.227 e. The highest BCUT2D eigenvalue weighted by atomic mass is 16.3. The quantitative estimate of drug-likeness (QED) is 0.539. The smallest absolute Gasteiger partial charge is 0.227 e. The van der Waals surface area contributed by atoms with Gasteiger partial charge in [0, 0.05) is 17.3 Å². The zero-order chi connectivity index (χ0) is 14.1. The van der Waals surface area contributed by atoms with Gasteiger partial charge in [0.15, 0.2) is 5.58 Å². The van der Waals surface area contributed by atoms with Crippen LogP contribution >= 0.6 is 0 Å². The van der Waals surface area contributed by atoms with Gasteiger partial charge in [-0.3, -0.25) is 5.41 Å². The maximum atomic E-state index is 7.44. The Balaban J connectivity index is 2.01. The van der Waals surface area contributed by atoms with Gasteiger partial charge in [0.2, 0.25) is 5.89 Å². The van der Waals surface area contributed by atoms with E-state index in [4.69, 9.17) is 9.83 Å². The molecule has 0 radical (unpaired) electrons. The summed E-state index contributed by atoms with van der Waals surface area (Å²) >= 11 is 0. The minimum Gasteiger partial charge on any atom is -0.436 e. The van der Waals surface area contributed by atoms with Gasteiger partial charge in [-0.1, -0.05) is 17.7 Å². The molecule has 3 rings (SSSR count). The number of aromatic nitrogens is 1. The Morgan fingerprint density at radius 1 is 1.15 bits per heavy atom. The summed E-state index contributed by atoms with van der Waals surface area (Å²) in [7, 11) is 0. The summed E-state index contributed by atoms with van der Waals surface area (Å²) in [6.45, 7) is 3.75. The first-order valence-electron chi connectivity index (χ1n) is 6.41. The van der Waals surface area contributed by atoms with E-state index < -0.39 is 0 Å². The SMILES string of the molecule is CC(=N)Nc1ccc2nc(-c3ccc(C)cc3)oc2c1. The van der Waals surface area contributed by atoms with E-state index >= 15 is 0 Å². The predicted octanol–water partition coefficient (Wildman–Crippen LogP) is 4.21. The van der Waals surface area contributed by atoms with Crippen LogP contribution < -0.4 is 5.32 Å². The highest BCUT2D eigenvalue weighted by Gasteiger charge is 2.08. The fourth-order valence-electron chi connectivity index (χ4n) is 2.04. The largest absolute Gasteiger partial charge is 0.436 e.